The topological polar surface area (TPSA) is 87.1 Å². The number of carbonyl (C=O) groups excluding carboxylic acids is 2. The number of hydrogen-bond acceptors (Lipinski definition) is 4. The van der Waals surface area contributed by atoms with Crippen LogP contribution in [-0.2, 0) is 32.1 Å². The Bertz CT molecular complexity index is 1250. The van der Waals surface area contributed by atoms with Gasteiger partial charge in [-0.2, -0.15) is 0 Å². The molecule has 0 radical (unpaired) electrons. The van der Waals surface area contributed by atoms with Crippen LogP contribution in [-0.4, -0.2) is 58.5 Å². The fourth-order valence-corrected chi connectivity index (χ4v) is 4.62. The van der Waals surface area contributed by atoms with E-state index in [4.69, 9.17) is 16.3 Å². The first kappa shape index (κ1) is 26.3. The van der Waals surface area contributed by atoms with Crippen LogP contribution in [0.1, 0.15) is 22.7 Å². The molecule has 1 N–H and O–H groups in total. The molecule has 2 amide bonds. The van der Waals surface area contributed by atoms with Crippen molar-refractivity contribution in [1.29, 1.82) is 0 Å². The quantitative estimate of drug-likeness (QED) is 0.455. The number of halogens is 2. The van der Waals surface area contributed by atoms with Crippen LogP contribution in [0, 0.1) is 5.82 Å². The molecular formula is C28H26ClFN2O5. The molecule has 37 heavy (non-hydrogen) atoms. The number of benzene rings is 3. The molecule has 4 rings (SSSR count). The minimum atomic E-state index is -1.17. The molecule has 1 heterocycles. The average molecular weight is 525 g/mol. The third-order valence-electron chi connectivity index (χ3n) is 6.18. The van der Waals surface area contributed by atoms with Gasteiger partial charge in [0.15, 0.2) is 6.10 Å². The summed E-state index contributed by atoms with van der Waals surface area (Å²) in [6.07, 6.45) is -0.792. The molecule has 3 aromatic carbocycles. The SMILES string of the molecule is O=C(O)CN(CCc1ccc(F)cc1)C(=O)[C@H]1OCC(=O)N(Cc2cccc(Cl)c2)[C@@H]1c1ccccc1. The van der Waals surface area contributed by atoms with Gasteiger partial charge in [0.1, 0.15) is 19.0 Å². The van der Waals surface area contributed by atoms with Crippen LogP contribution in [0.15, 0.2) is 78.9 Å². The maximum absolute atomic E-state index is 13.8. The van der Waals surface area contributed by atoms with Crippen LogP contribution in [0.5, 0.6) is 0 Å². The van der Waals surface area contributed by atoms with Crippen LogP contribution in [0.2, 0.25) is 5.02 Å². The predicted molar refractivity (Wildman–Crippen MR) is 135 cm³/mol. The zero-order valence-electron chi connectivity index (χ0n) is 19.9. The van der Waals surface area contributed by atoms with Gasteiger partial charge in [-0.3, -0.25) is 14.4 Å². The molecule has 1 fully saturated rings. The second-order valence-corrected chi connectivity index (χ2v) is 9.21. The maximum atomic E-state index is 13.8. The average Bonchev–Trinajstić information content (AvgIpc) is 2.88. The highest BCUT2D eigenvalue weighted by atomic mass is 35.5. The van der Waals surface area contributed by atoms with E-state index in [-0.39, 0.29) is 31.4 Å². The number of carboxylic acids is 1. The lowest BCUT2D eigenvalue weighted by Crippen LogP contribution is -2.55. The summed E-state index contributed by atoms with van der Waals surface area (Å²) in [5, 5.41) is 10.0. The van der Waals surface area contributed by atoms with Crippen molar-refractivity contribution >= 4 is 29.4 Å². The van der Waals surface area contributed by atoms with E-state index in [1.165, 1.54) is 17.0 Å². The Kier molecular flexibility index (Phi) is 8.53. The van der Waals surface area contributed by atoms with Gasteiger partial charge >= 0.3 is 5.97 Å². The van der Waals surface area contributed by atoms with Gasteiger partial charge in [-0.1, -0.05) is 66.2 Å². The number of carbonyl (C=O) groups is 3. The zero-order chi connectivity index (χ0) is 26.4. The molecule has 1 aliphatic rings. The van der Waals surface area contributed by atoms with Crippen molar-refractivity contribution in [2.45, 2.75) is 25.1 Å². The number of aliphatic carboxylic acids is 1. The Morgan fingerprint density at radius 3 is 2.43 bits per heavy atom. The Morgan fingerprint density at radius 2 is 1.76 bits per heavy atom. The molecule has 2 atom stereocenters. The fraction of sp³-hybridized carbons (Fsp3) is 0.250. The van der Waals surface area contributed by atoms with Gasteiger partial charge in [0.05, 0.1) is 6.04 Å². The number of morpholine rings is 1. The molecule has 0 spiro atoms. The summed E-state index contributed by atoms with van der Waals surface area (Å²) in [4.78, 5) is 41.2. The van der Waals surface area contributed by atoms with E-state index in [0.29, 0.717) is 17.0 Å². The van der Waals surface area contributed by atoms with Crippen molar-refractivity contribution < 1.29 is 28.6 Å². The Morgan fingerprint density at radius 1 is 1.03 bits per heavy atom. The summed E-state index contributed by atoms with van der Waals surface area (Å²) >= 11 is 6.15. The lowest BCUT2D eigenvalue weighted by Gasteiger charge is -2.42. The van der Waals surface area contributed by atoms with E-state index in [2.05, 4.69) is 0 Å². The number of hydrogen-bond donors (Lipinski definition) is 1. The van der Waals surface area contributed by atoms with Crippen LogP contribution >= 0.6 is 11.6 Å². The number of nitrogens with zero attached hydrogens (tertiary/aromatic N) is 2. The van der Waals surface area contributed by atoms with Gasteiger partial charge in [0, 0.05) is 18.1 Å². The normalized spacial score (nSPS) is 17.5. The highest BCUT2D eigenvalue weighted by molar-refractivity contribution is 6.30. The number of amides is 2. The van der Waals surface area contributed by atoms with Crippen molar-refractivity contribution in [3.63, 3.8) is 0 Å². The first-order chi connectivity index (χ1) is 17.8. The van der Waals surface area contributed by atoms with E-state index in [1.54, 1.807) is 59.5 Å². The van der Waals surface area contributed by atoms with Crippen LogP contribution in [0.3, 0.4) is 0 Å². The minimum absolute atomic E-state index is 0.0837. The third-order valence-corrected chi connectivity index (χ3v) is 6.41. The van der Waals surface area contributed by atoms with Crippen molar-refractivity contribution in [3.05, 3.63) is 106 Å². The van der Waals surface area contributed by atoms with Crippen molar-refractivity contribution in [2.24, 2.45) is 0 Å². The van der Waals surface area contributed by atoms with E-state index >= 15 is 0 Å². The molecule has 0 aromatic heterocycles. The summed E-state index contributed by atoms with van der Waals surface area (Å²) in [6, 6.07) is 21.2. The van der Waals surface area contributed by atoms with Gasteiger partial charge in [-0.25, -0.2) is 4.39 Å². The highest BCUT2D eigenvalue weighted by Gasteiger charge is 2.43. The first-order valence-electron chi connectivity index (χ1n) is 11.8. The van der Waals surface area contributed by atoms with E-state index in [1.807, 2.05) is 12.1 Å². The maximum Gasteiger partial charge on any atom is 0.323 e. The molecule has 1 aliphatic heterocycles. The molecule has 0 aliphatic carbocycles. The van der Waals surface area contributed by atoms with E-state index < -0.39 is 30.6 Å². The number of carboxylic acid groups (broad SMARTS) is 1. The summed E-state index contributed by atoms with van der Waals surface area (Å²) in [5.41, 5.74) is 2.23. The van der Waals surface area contributed by atoms with Crippen LogP contribution in [0.25, 0.3) is 0 Å². The fourth-order valence-electron chi connectivity index (χ4n) is 4.41. The molecule has 0 saturated carbocycles. The van der Waals surface area contributed by atoms with Crippen molar-refractivity contribution in [2.75, 3.05) is 19.7 Å². The summed E-state index contributed by atoms with van der Waals surface area (Å²) in [6.45, 7) is -0.580. The van der Waals surface area contributed by atoms with Crippen molar-refractivity contribution in [3.8, 4) is 0 Å². The van der Waals surface area contributed by atoms with E-state index in [0.717, 1.165) is 11.1 Å². The second-order valence-electron chi connectivity index (χ2n) is 8.77. The minimum Gasteiger partial charge on any atom is -0.480 e. The lowest BCUT2D eigenvalue weighted by atomic mass is 9.95. The predicted octanol–water partition coefficient (Wildman–Crippen LogP) is 4.10. The van der Waals surface area contributed by atoms with Crippen molar-refractivity contribution in [1.82, 2.24) is 9.80 Å². The number of ether oxygens (including phenoxy) is 1. The molecule has 3 aromatic rings. The summed E-state index contributed by atoms with van der Waals surface area (Å²) < 4.78 is 19.1. The highest BCUT2D eigenvalue weighted by Crippen LogP contribution is 2.33. The second kappa shape index (κ2) is 12.0. The Labute approximate surface area is 219 Å². The molecule has 0 bridgehead atoms. The molecule has 9 heteroatoms. The van der Waals surface area contributed by atoms with Gasteiger partial charge in [0.2, 0.25) is 5.91 Å². The van der Waals surface area contributed by atoms with Gasteiger partial charge in [-0.15, -0.1) is 0 Å². The molecule has 7 nitrogen and oxygen atoms in total. The largest absolute Gasteiger partial charge is 0.480 e. The monoisotopic (exact) mass is 524 g/mol. The summed E-state index contributed by atoms with van der Waals surface area (Å²) in [5.74, 6) is -2.39. The van der Waals surface area contributed by atoms with Gasteiger partial charge < -0.3 is 19.6 Å². The number of rotatable bonds is 9. The van der Waals surface area contributed by atoms with Gasteiger partial charge in [0.25, 0.3) is 5.91 Å². The Hall–Kier alpha value is -3.75. The van der Waals surface area contributed by atoms with Gasteiger partial charge in [-0.05, 0) is 47.4 Å². The molecule has 192 valence electrons. The van der Waals surface area contributed by atoms with E-state index in [9.17, 15) is 23.9 Å². The van der Waals surface area contributed by atoms with Crippen LogP contribution in [0.4, 0.5) is 4.39 Å². The Balaban J connectivity index is 1.64. The third kappa shape index (κ3) is 6.72. The molecule has 1 saturated heterocycles. The first-order valence-corrected chi connectivity index (χ1v) is 12.1. The summed E-state index contributed by atoms with van der Waals surface area (Å²) in [7, 11) is 0. The lowest BCUT2D eigenvalue weighted by molar-refractivity contribution is -0.171. The zero-order valence-corrected chi connectivity index (χ0v) is 20.7. The van der Waals surface area contributed by atoms with Crippen LogP contribution < -0.4 is 0 Å². The molecular weight excluding hydrogens is 499 g/mol. The smallest absolute Gasteiger partial charge is 0.323 e. The standard InChI is InChI=1S/C28H26ClFN2O5/c29-22-8-4-5-20(15-22)16-32-24(33)18-37-27(26(32)21-6-2-1-3-7-21)28(36)31(17-25(34)35)14-13-19-9-11-23(30)12-10-19/h1-12,15,26-27H,13-14,16-18H2,(H,34,35)/t26-,27+/m1/s1. The molecule has 0 unspecified atom stereocenters.